The maximum atomic E-state index is 12.5. The summed E-state index contributed by atoms with van der Waals surface area (Å²) in [5.41, 5.74) is -0.817. The smallest absolute Gasteiger partial charge is 0.417 e. The number of imide groups is 1. The number of nitrogens with zero attached hydrogens (tertiary/aromatic N) is 2. The Labute approximate surface area is 147 Å². The van der Waals surface area contributed by atoms with Crippen molar-refractivity contribution >= 4 is 12.1 Å². The van der Waals surface area contributed by atoms with Gasteiger partial charge in [-0.15, -0.1) is 0 Å². The molecule has 1 aromatic heterocycles. The number of carbonyl (C=O) groups is 2. The molecule has 2 N–H and O–H groups in total. The lowest BCUT2D eigenvalue weighted by atomic mass is 9.93. The maximum absolute atomic E-state index is 12.5. The first-order chi connectivity index (χ1) is 12.3. The molecule has 2 fully saturated rings. The van der Waals surface area contributed by atoms with E-state index in [1.807, 2.05) is 0 Å². The molecular weight excluding hydrogens is 353 g/mol. The molecule has 1 saturated carbocycles. The summed E-state index contributed by atoms with van der Waals surface area (Å²) in [7, 11) is 0. The van der Waals surface area contributed by atoms with Crippen LogP contribution in [0.2, 0.25) is 0 Å². The van der Waals surface area contributed by atoms with Crippen LogP contribution in [0, 0.1) is 0 Å². The first kappa shape index (κ1) is 18.3. The van der Waals surface area contributed by atoms with Gasteiger partial charge in [0.1, 0.15) is 6.10 Å². The number of carbonyl (C=O) groups excluding carboxylic acids is 2. The van der Waals surface area contributed by atoms with E-state index in [0.29, 0.717) is 38.8 Å². The predicted octanol–water partition coefficient (Wildman–Crippen LogP) is 2.53. The van der Waals surface area contributed by atoms with Crippen LogP contribution in [0.1, 0.15) is 31.2 Å². The molecule has 2 heterocycles. The Morgan fingerprint density at radius 2 is 2.00 bits per heavy atom. The molecule has 7 nitrogen and oxygen atoms in total. The first-order valence-corrected chi connectivity index (χ1v) is 8.38. The number of rotatable bonds is 3. The molecule has 0 atom stereocenters. The Morgan fingerprint density at radius 1 is 1.27 bits per heavy atom. The van der Waals surface area contributed by atoms with E-state index < -0.39 is 23.8 Å². The van der Waals surface area contributed by atoms with Crippen LogP contribution >= 0.6 is 0 Å². The molecule has 4 amide bonds. The van der Waals surface area contributed by atoms with Crippen LogP contribution in [0.4, 0.5) is 22.8 Å². The van der Waals surface area contributed by atoms with Crippen molar-refractivity contribution in [3.8, 4) is 5.88 Å². The van der Waals surface area contributed by atoms with Crippen LogP contribution in [0.15, 0.2) is 18.3 Å². The third kappa shape index (κ3) is 4.36. The zero-order chi connectivity index (χ0) is 18.7. The van der Waals surface area contributed by atoms with E-state index in [0.717, 1.165) is 17.2 Å². The lowest BCUT2D eigenvalue weighted by Crippen LogP contribution is -2.47. The summed E-state index contributed by atoms with van der Waals surface area (Å²) in [5.74, 6) is 0.152. The number of amides is 4. The second-order valence-electron chi connectivity index (χ2n) is 6.31. The quantitative estimate of drug-likeness (QED) is 0.854. The fourth-order valence-electron chi connectivity index (χ4n) is 3.03. The van der Waals surface area contributed by atoms with Crippen molar-refractivity contribution in [2.45, 2.75) is 44.0 Å². The maximum Gasteiger partial charge on any atom is 0.417 e. The third-order valence-corrected chi connectivity index (χ3v) is 4.45. The van der Waals surface area contributed by atoms with E-state index in [1.54, 1.807) is 0 Å². The monoisotopic (exact) mass is 372 g/mol. The van der Waals surface area contributed by atoms with Gasteiger partial charge in [0.05, 0.1) is 5.56 Å². The molecule has 0 radical (unpaired) electrons. The van der Waals surface area contributed by atoms with Crippen LogP contribution in [-0.2, 0) is 6.18 Å². The van der Waals surface area contributed by atoms with Crippen LogP contribution in [0.3, 0.4) is 0 Å². The van der Waals surface area contributed by atoms with E-state index in [9.17, 15) is 22.8 Å². The Bertz CT molecular complexity index is 658. The summed E-state index contributed by atoms with van der Waals surface area (Å²) < 4.78 is 43.2. The topological polar surface area (TPSA) is 83.6 Å². The zero-order valence-corrected chi connectivity index (χ0v) is 13.9. The van der Waals surface area contributed by atoms with E-state index >= 15 is 0 Å². The van der Waals surface area contributed by atoms with Gasteiger partial charge in [-0.25, -0.2) is 19.5 Å². The van der Waals surface area contributed by atoms with Crippen LogP contribution in [-0.4, -0.2) is 47.2 Å². The van der Waals surface area contributed by atoms with E-state index in [4.69, 9.17) is 4.74 Å². The summed E-state index contributed by atoms with van der Waals surface area (Å²) in [6, 6.07) is 1.29. The van der Waals surface area contributed by atoms with Crippen molar-refractivity contribution in [3.63, 3.8) is 0 Å². The average Bonchev–Trinajstić information content (AvgIpc) is 3.02. The molecule has 0 spiro atoms. The molecule has 1 saturated heterocycles. The van der Waals surface area contributed by atoms with Crippen molar-refractivity contribution in [1.82, 2.24) is 20.5 Å². The predicted molar refractivity (Wildman–Crippen MR) is 84.5 cm³/mol. The number of urea groups is 2. The number of hydrogen-bond donors (Lipinski definition) is 2. The molecule has 0 bridgehead atoms. The van der Waals surface area contributed by atoms with Gasteiger partial charge in [-0.05, 0) is 31.7 Å². The van der Waals surface area contributed by atoms with Crippen molar-refractivity contribution < 1.29 is 27.5 Å². The molecule has 0 unspecified atom stereocenters. The Kier molecular flexibility index (Phi) is 5.19. The fraction of sp³-hybridized carbons (Fsp3) is 0.562. The normalized spacial score (nSPS) is 23.5. The van der Waals surface area contributed by atoms with Crippen LogP contribution in [0.5, 0.6) is 5.88 Å². The van der Waals surface area contributed by atoms with Crippen molar-refractivity contribution in [3.05, 3.63) is 23.9 Å². The molecule has 1 aliphatic heterocycles. The number of ether oxygens (including phenoxy) is 1. The Hall–Kier alpha value is -2.52. The molecule has 1 aliphatic carbocycles. The number of pyridine rings is 1. The first-order valence-electron chi connectivity index (χ1n) is 8.38. The van der Waals surface area contributed by atoms with Crippen molar-refractivity contribution in [2.75, 3.05) is 13.1 Å². The van der Waals surface area contributed by atoms with E-state index in [1.165, 1.54) is 6.07 Å². The molecule has 1 aromatic rings. The number of halogens is 3. The van der Waals surface area contributed by atoms with Gasteiger partial charge >= 0.3 is 18.2 Å². The van der Waals surface area contributed by atoms with Gasteiger partial charge in [0, 0.05) is 31.4 Å². The highest BCUT2D eigenvalue weighted by atomic mass is 19.4. The largest absolute Gasteiger partial charge is 0.474 e. The molecule has 2 aliphatic rings. The Balaban J connectivity index is 1.45. The summed E-state index contributed by atoms with van der Waals surface area (Å²) in [4.78, 5) is 28.3. The molecule has 3 rings (SSSR count). The highest BCUT2D eigenvalue weighted by molar-refractivity contribution is 5.95. The van der Waals surface area contributed by atoms with Gasteiger partial charge < -0.3 is 15.4 Å². The minimum Gasteiger partial charge on any atom is -0.474 e. The molecule has 26 heavy (non-hydrogen) atoms. The standard InChI is InChI=1S/C16H19F3N4O3/c17-16(18,19)10-1-6-13(21-9-10)26-12-4-2-11(3-5-12)22-15(25)23-8-7-20-14(23)24/h1,6,9,11-12H,2-5,7-8H2,(H,20,24)(H,22,25). The third-order valence-electron chi connectivity index (χ3n) is 4.45. The number of aromatic nitrogens is 1. The number of alkyl halides is 3. The second-order valence-corrected chi connectivity index (χ2v) is 6.31. The van der Waals surface area contributed by atoms with Crippen LogP contribution < -0.4 is 15.4 Å². The summed E-state index contributed by atoms with van der Waals surface area (Å²) in [6.07, 6.45) is -1.24. The summed E-state index contributed by atoms with van der Waals surface area (Å²) in [5, 5.41) is 5.39. The lowest BCUT2D eigenvalue weighted by molar-refractivity contribution is -0.137. The van der Waals surface area contributed by atoms with Gasteiger partial charge in [-0.3, -0.25) is 0 Å². The SMILES string of the molecule is O=C1NCCN1C(=O)NC1CCC(Oc2ccc(C(F)(F)F)cn2)CC1. The zero-order valence-electron chi connectivity index (χ0n) is 13.9. The van der Waals surface area contributed by atoms with Crippen molar-refractivity contribution in [2.24, 2.45) is 0 Å². The van der Waals surface area contributed by atoms with Crippen LogP contribution in [0.25, 0.3) is 0 Å². The molecular formula is C16H19F3N4O3. The average molecular weight is 372 g/mol. The Morgan fingerprint density at radius 3 is 2.54 bits per heavy atom. The van der Waals surface area contributed by atoms with Gasteiger partial charge in [-0.1, -0.05) is 0 Å². The van der Waals surface area contributed by atoms with Gasteiger partial charge in [0.15, 0.2) is 0 Å². The number of hydrogen-bond acceptors (Lipinski definition) is 4. The summed E-state index contributed by atoms with van der Waals surface area (Å²) >= 11 is 0. The minimum atomic E-state index is -4.42. The van der Waals surface area contributed by atoms with Gasteiger partial charge in [0.25, 0.3) is 0 Å². The second kappa shape index (κ2) is 7.38. The van der Waals surface area contributed by atoms with Gasteiger partial charge in [0.2, 0.25) is 5.88 Å². The van der Waals surface area contributed by atoms with E-state index in [2.05, 4.69) is 15.6 Å². The highest BCUT2D eigenvalue weighted by Gasteiger charge is 2.32. The minimum absolute atomic E-state index is 0.0590. The van der Waals surface area contributed by atoms with Gasteiger partial charge in [-0.2, -0.15) is 13.2 Å². The number of nitrogens with one attached hydrogen (secondary N) is 2. The molecule has 142 valence electrons. The molecule has 10 heteroatoms. The molecule has 0 aromatic carbocycles. The lowest BCUT2D eigenvalue weighted by Gasteiger charge is -2.30. The van der Waals surface area contributed by atoms with Crippen molar-refractivity contribution in [1.29, 1.82) is 0 Å². The summed E-state index contributed by atoms with van der Waals surface area (Å²) in [6.45, 7) is 0.801. The van der Waals surface area contributed by atoms with E-state index in [-0.39, 0.29) is 18.0 Å². The highest BCUT2D eigenvalue weighted by Crippen LogP contribution is 2.30. The fourth-order valence-corrected chi connectivity index (χ4v) is 3.03.